The average molecular weight is 380 g/mol. The molecule has 148 valence electrons. The molecule has 0 aromatic heterocycles. The third kappa shape index (κ3) is 5.00. The van der Waals surface area contributed by atoms with Gasteiger partial charge in [0.15, 0.2) is 0 Å². The van der Waals surface area contributed by atoms with Crippen LogP contribution >= 0.6 is 0 Å². The fourth-order valence-electron chi connectivity index (χ4n) is 3.49. The van der Waals surface area contributed by atoms with E-state index in [2.05, 4.69) is 24.3 Å². The maximum atomic E-state index is 12.4. The van der Waals surface area contributed by atoms with Crippen molar-refractivity contribution in [2.75, 3.05) is 13.1 Å². The highest BCUT2D eigenvalue weighted by Crippen LogP contribution is 2.25. The molecular formula is C24H29NO3. The van der Waals surface area contributed by atoms with Crippen molar-refractivity contribution in [2.45, 2.75) is 40.2 Å². The lowest BCUT2D eigenvalue weighted by molar-refractivity contribution is -0.154. The van der Waals surface area contributed by atoms with Crippen LogP contribution in [0, 0.1) is 11.3 Å². The summed E-state index contributed by atoms with van der Waals surface area (Å²) in [6.07, 6.45) is 1.35. The second kappa shape index (κ2) is 8.59. The predicted octanol–water partition coefficient (Wildman–Crippen LogP) is 4.68. The number of carbonyl (C=O) groups is 2. The van der Waals surface area contributed by atoms with Crippen LogP contribution in [-0.2, 0) is 20.9 Å². The molecule has 0 aliphatic carbocycles. The molecule has 1 fully saturated rings. The molecule has 3 rings (SSSR count). The highest BCUT2D eigenvalue weighted by molar-refractivity contribution is 5.82. The molecule has 0 radical (unpaired) electrons. The lowest BCUT2D eigenvalue weighted by Gasteiger charge is -2.34. The quantitative estimate of drug-likeness (QED) is 0.725. The summed E-state index contributed by atoms with van der Waals surface area (Å²) in [5.74, 6) is -0.125. The van der Waals surface area contributed by atoms with Crippen LogP contribution in [0.15, 0.2) is 54.6 Å². The molecule has 1 saturated heterocycles. The van der Waals surface area contributed by atoms with Gasteiger partial charge in [-0.1, -0.05) is 75.4 Å². The van der Waals surface area contributed by atoms with Gasteiger partial charge in [0, 0.05) is 18.5 Å². The molecule has 0 saturated carbocycles. The molecule has 1 aliphatic heterocycles. The molecule has 1 heterocycles. The van der Waals surface area contributed by atoms with Crippen LogP contribution in [-0.4, -0.2) is 29.9 Å². The maximum Gasteiger partial charge on any atom is 0.309 e. The van der Waals surface area contributed by atoms with E-state index in [-0.39, 0.29) is 29.8 Å². The Bertz CT molecular complexity index is 798. The van der Waals surface area contributed by atoms with Gasteiger partial charge >= 0.3 is 5.97 Å². The second-order valence-corrected chi connectivity index (χ2v) is 8.49. The molecule has 0 spiro atoms. The Morgan fingerprint density at radius 3 is 2.07 bits per heavy atom. The summed E-state index contributed by atoms with van der Waals surface area (Å²) < 4.78 is 5.53. The Balaban J connectivity index is 1.48. The molecule has 2 aromatic carbocycles. The highest BCUT2D eigenvalue weighted by Gasteiger charge is 2.32. The zero-order chi connectivity index (χ0) is 20.1. The molecule has 0 N–H and O–H groups in total. The Morgan fingerprint density at radius 2 is 1.50 bits per heavy atom. The first-order chi connectivity index (χ1) is 13.3. The third-order valence-electron chi connectivity index (χ3n) is 5.20. The zero-order valence-electron chi connectivity index (χ0n) is 17.0. The predicted molar refractivity (Wildman–Crippen MR) is 110 cm³/mol. The van der Waals surface area contributed by atoms with E-state index in [1.807, 2.05) is 56.0 Å². The SMILES string of the molecule is CC(C)(C)C(=O)N1CCC(C(=O)OCc2ccc(-c3ccccc3)cc2)CC1. The molecule has 1 amide bonds. The summed E-state index contributed by atoms with van der Waals surface area (Å²) in [4.78, 5) is 26.6. The van der Waals surface area contributed by atoms with Crippen LogP contribution in [0.5, 0.6) is 0 Å². The van der Waals surface area contributed by atoms with E-state index in [4.69, 9.17) is 4.74 Å². The van der Waals surface area contributed by atoms with Crippen molar-refractivity contribution in [1.82, 2.24) is 4.90 Å². The van der Waals surface area contributed by atoms with Gasteiger partial charge in [0.1, 0.15) is 6.61 Å². The lowest BCUT2D eigenvalue weighted by atomic mass is 9.91. The van der Waals surface area contributed by atoms with Gasteiger partial charge < -0.3 is 9.64 Å². The number of nitrogens with zero attached hydrogens (tertiary/aromatic N) is 1. The van der Waals surface area contributed by atoms with Crippen LogP contribution in [0.4, 0.5) is 0 Å². The first-order valence-electron chi connectivity index (χ1n) is 9.95. The summed E-state index contributed by atoms with van der Waals surface area (Å²) in [5.41, 5.74) is 2.92. The first kappa shape index (κ1) is 20.1. The standard InChI is InChI=1S/C24H29NO3/c1-24(2,3)23(27)25-15-13-21(14-16-25)22(26)28-17-18-9-11-20(12-10-18)19-7-5-4-6-8-19/h4-12,21H,13-17H2,1-3H3. The smallest absolute Gasteiger partial charge is 0.309 e. The summed E-state index contributed by atoms with van der Waals surface area (Å²) in [7, 11) is 0. The van der Waals surface area contributed by atoms with Crippen molar-refractivity contribution < 1.29 is 14.3 Å². The summed E-state index contributed by atoms with van der Waals surface area (Å²) >= 11 is 0. The Labute approximate surface area is 167 Å². The number of piperidine rings is 1. The monoisotopic (exact) mass is 379 g/mol. The van der Waals surface area contributed by atoms with Crippen molar-refractivity contribution in [3.8, 4) is 11.1 Å². The topological polar surface area (TPSA) is 46.6 Å². The lowest BCUT2D eigenvalue weighted by Crippen LogP contribution is -2.45. The number of hydrogen-bond acceptors (Lipinski definition) is 3. The molecule has 4 nitrogen and oxygen atoms in total. The third-order valence-corrected chi connectivity index (χ3v) is 5.20. The number of hydrogen-bond donors (Lipinski definition) is 0. The largest absolute Gasteiger partial charge is 0.461 e. The fraction of sp³-hybridized carbons (Fsp3) is 0.417. The van der Waals surface area contributed by atoms with Crippen molar-refractivity contribution in [2.24, 2.45) is 11.3 Å². The molecule has 2 aromatic rings. The number of esters is 1. The minimum atomic E-state index is -0.376. The minimum absolute atomic E-state index is 0.118. The molecule has 0 atom stereocenters. The van der Waals surface area contributed by atoms with Crippen molar-refractivity contribution in [1.29, 1.82) is 0 Å². The number of amides is 1. The van der Waals surface area contributed by atoms with E-state index in [0.717, 1.165) is 11.1 Å². The van der Waals surface area contributed by atoms with E-state index >= 15 is 0 Å². The number of rotatable bonds is 4. The summed E-state index contributed by atoms with van der Waals surface area (Å²) in [6.45, 7) is 7.33. The van der Waals surface area contributed by atoms with Crippen LogP contribution in [0.25, 0.3) is 11.1 Å². The van der Waals surface area contributed by atoms with Crippen molar-refractivity contribution in [3.05, 3.63) is 60.2 Å². The fourth-order valence-corrected chi connectivity index (χ4v) is 3.49. The van der Waals surface area contributed by atoms with Gasteiger partial charge in [0.25, 0.3) is 0 Å². The minimum Gasteiger partial charge on any atom is -0.461 e. The van der Waals surface area contributed by atoms with E-state index in [1.54, 1.807) is 0 Å². The molecule has 0 bridgehead atoms. The van der Waals surface area contributed by atoms with Gasteiger partial charge in [-0.2, -0.15) is 0 Å². The normalized spacial score (nSPS) is 15.3. The van der Waals surface area contributed by atoms with Gasteiger partial charge in [-0.3, -0.25) is 9.59 Å². The maximum absolute atomic E-state index is 12.4. The van der Waals surface area contributed by atoms with Crippen molar-refractivity contribution >= 4 is 11.9 Å². The van der Waals surface area contributed by atoms with E-state index in [9.17, 15) is 9.59 Å². The van der Waals surface area contributed by atoms with Gasteiger partial charge in [0.2, 0.25) is 5.91 Å². The average Bonchev–Trinajstić information content (AvgIpc) is 2.72. The summed E-state index contributed by atoms with van der Waals surface area (Å²) in [6, 6.07) is 18.3. The zero-order valence-corrected chi connectivity index (χ0v) is 17.0. The second-order valence-electron chi connectivity index (χ2n) is 8.49. The number of likely N-dealkylation sites (tertiary alicyclic amines) is 1. The van der Waals surface area contributed by atoms with Crippen LogP contribution in [0.2, 0.25) is 0 Å². The van der Waals surface area contributed by atoms with Gasteiger partial charge in [0.05, 0.1) is 5.92 Å². The summed E-state index contributed by atoms with van der Waals surface area (Å²) in [5, 5.41) is 0. The van der Waals surface area contributed by atoms with E-state index in [1.165, 1.54) is 5.56 Å². The molecule has 0 unspecified atom stereocenters. The van der Waals surface area contributed by atoms with E-state index < -0.39 is 0 Å². The number of carbonyl (C=O) groups excluding carboxylic acids is 2. The van der Waals surface area contributed by atoms with Gasteiger partial charge in [-0.15, -0.1) is 0 Å². The number of benzene rings is 2. The molecule has 1 aliphatic rings. The van der Waals surface area contributed by atoms with Crippen LogP contribution < -0.4 is 0 Å². The Kier molecular flexibility index (Phi) is 6.18. The van der Waals surface area contributed by atoms with Gasteiger partial charge in [-0.25, -0.2) is 0 Å². The van der Waals surface area contributed by atoms with Crippen molar-refractivity contribution in [3.63, 3.8) is 0 Å². The van der Waals surface area contributed by atoms with Gasteiger partial charge in [-0.05, 0) is 29.5 Å². The molecule has 4 heteroatoms. The molecule has 28 heavy (non-hydrogen) atoms. The number of ether oxygens (including phenoxy) is 1. The first-order valence-corrected chi connectivity index (χ1v) is 9.95. The molecular weight excluding hydrogens is 350 g/mol. The van der Waals surface area contributed by atoms with Crippen LogP contribution in [0.3, 0.4) is 0 Å². The van der Waals surface area contributed by atoms with E-state index in [0.29, 0.717) is 25.9 Å². The Morgan fingerprint density at radius 1 is 0.929 bits per heavy atom. The Hall–Kier alpha value is -2.62. The highest BCUT2D eigenvalue weighted by atomic mass is 16.5. The van der Waals surface area contributed by atoms with Crippen LogP contribution in [0.1, 0.15) is 39.2 Å².